The third-order valence-corrected chi connectivity index (χ3v) is 3.11. The Kier molecular flexibility index (Phi) is 6.40. The van der Waals surface area contributed by atoms with E-state index in [1.54, 1.807) is 11.8 Å². The number of nitrogens with zero attached hydrogens (tertiary/aromatic N) is 4. The Balaban J connectivity index is 2.27. The van der Waals surface area contributed by atoms with Gasteiger partial charge in [-0.25, -0.2) is 4.68 Å². The Morgan fingerprint density at radius 3 is 2.81 bits per heavy atom. The van der Waals surface area contributed by atoms with Crippen LogP contribution in [-0.2, 0) is 6.54 Å². The molecule has 1 rings (SSSR count). The maximum absolute atomic E-state index is 8.65. The first-order valence-electron chi connectivity index (χ1n) is 5.74. The van der Waals surface area contributed by atoms with Gasteiger partial charge in [-0.05, 0) is 29.2 Å². The summed E-state index contributed by atoms with van der Waals surface area (Å²) in [6.45, 7) is 5.45. The Bertz CT molecular complexity index is 290. The predicted octanol–water partition coefficient (Wildman–Crippen LogP) is 1.58. The molecule has 0 aliphatic carbocycles. The minimum Gasteiger partial charge on any atom is -0.396 e. The summed E-state index contributed by atoms with van der Waals surface area (Å²) < 4.78 is 1.86. The summed E-state index contributed by atoms with van der Waals surface area (Å²) in [5, 5.41) is 21.2. The van der Waals surface area contributed by atoms with Crippen LogP contribution in [0.3, 0.4) is 0 Å². The third kappa shape index (κ3) is 4.94. The van der Waals surface area contributed by atoms with E-state index in [-0.39, 0.29) is 6.61 Å². The van der Waals surface area contributed by atoms with Crippen LogP contribution in [0.4, 0.5) is 0 Å². The van der Waals surface area contributed by atoms with Crippen molar-refractivity contribution < 1.29 is 5.11 Å². The average Bonchev–Trinajstić information content (AvgIpc) is 2.64. The van der Waals surface area contributed by atoms with E-state index in [1.807, 2.05) is 4.68 Å². The molecule has 1 aromatic heterocycles. The Morgan fingerprint density at radius 1 is 1.31 bits per heavy atom. The van der Waals surface area contributed by atoms with Gasteiger partial charge in [0.05, 0.1) is 0 Å². The van der Waals surface area contributed by atoms with Gasteiger partial charge in [-0.2, -0.15) is 0 Å². The fraction of sp³-hybridized carbons (Fsp3) is 0.900. The SMILES string of the molecule is CC(C)Cn1nnnc1SCCCCCO. The maximum atomic E-state index is 8.65. The standard InChI is InChI=1S/C10H20N4OS/c1-9(2)8-14-10(11-12-13-14)16-7-5-3-4-6-15/h9,15H,3-8H2,1-2H3. The first-order valence-corrected chi connectivity index (χ1v) is 6.72. The van der Waals surface area contributed by atoms with Crippen LogP contribution in [0.15, 0.2) is 5.16 Å². The van der Waals surface area contributed by atoms with Crippen molar-refractivity contribution in [2.75, 3.05) is 12.4 Å². The van der Waals surface area contributed by atoms with Gasteiger partial charge in [-0.3, -0.25) is 0 Å². The first-order chi connectivity index (χ1) is 7.74. The van der Waals surface area contributed by atoms with Crippen molar-refractivity contribution in [1.29, 1.82) is 0 Å². The zero-order valence-corrected chi connectivity index (χ0v) is 10.8. The van der Waals surface area contributed by atoms with Crippen LogP contribution in [0.2, 0.25) is 0 Å². The molecule has 0 unspecified atom stereocenters. The van der Waals surface area contributed by atoms with E-state index in [9.17, 15) is 0 Å². The zero-order chi connectivity index (χ0) is 11.8. The molecule has 0 fully saturated rings. The summed E-state index contributed by atoms with van der Waals surface area (Å²) in [5.41, 5.74) is 0. The van der Waals surface area contributed by atoms with Crippen LogP contribution < -0.4 is 0 Å². The van der Waals surface area contributed by atoms with Crippen molar-refractivity contribution in [3.05, 3.63) is 0 Å². The number of aliphatic hydroxyl groups excluding tert-OH is 1. The van der Waals surface area contributed by atoms with Crippen LogP contribution in [0.25, 0.3) is 0 Å². The molecule has 0 bridgehead atoms. The quantitative estimate of drug-likeness (QED) is 0.555. The highest BCUT2D eigenvalue weighted by atomic mass is 32.2. The van der Waals surface area contributed by atoms with Gasteiger partial charge >= 0.3 is 0 Å². The molecular formula is C10H20N4OS. The summed E-state index contributed by atoms with van der Waals surface area (Å²) in [7, 11) is 0. The van der Waals surface area contributed by atoms with Gasteiger partial charge in [-0.15, -0.1) is 5.10 Å². The fourth-order valence-electron chi connectivity index (χ4n) is 1.31. The average molecular weight is 244 g/mol. The Hall–Kier alpha value is -0.620. The lowest BCUT2D eigenvalue weighted by molar-refractivity contribution is 0.284. The maximum Gasteiger partial charge on any atom is 0.209 e. The van der Waals surface area contributed by atoms with Gasteiger partial charge in [0, 0.05) is 18.9 Å². The highest BCUT2D eigenvalue weighted by Crippen LogP contribution is 2.16. The van der Waals surface area contributed by atoms with Crippen LogP contribution in [0.5, 0.6) is 0 Å². The predicted molar refractivity (Wildman–Crippen MR) is 64.3 cm³/mol. The van der Waals surface area contributed by atoms with E-state index in [4.69, 9.17) is 5.11 Å². The lowest BCUT2D eigenvalue weighted by Crippen LogP contribution is -2.07. The topological polar surface area (TPSA) is 63.8 Å². The van der Waals surface area contributed by atoms with Crippen molar-refractivity contribution >= 4 is 11.8 Å². The second-order valence-electron chi connectivity index (χ2n) is 4.17. The molecule has 1 heterocycles. The number of aromatic nitrogens is 4. The normalized spacial score (nSPS) is 11.2. The second kappa shape index (κ2) is 7.62. The van der Waals surface area contributed by atoms with Crippen molar-refractivity contribution in [1.82, 2.24) is 20.2 Å². The van der Waals surface area contributed by atoms with E-state index >= 15 is 0 Å². The monoisotopic (exact) mass is 244 g/mol. The summed E-state index contributed by atoms with van der Waals surface area (Å²) >= 11 is 1.69. The molecule has 92 valence electrons. The molecular weight excluding hydrogens is 224 g/mol. The van der Waals surface area contributed by atoms with Crippen molar-refractivity contribution in [3.63, 3.8) is 0 Å². The number of hydrogen-bond donors (Lipinski definition) is 1. The van der Waals surface area contributed by atoms with Crippen molar-refractivity contribution in [2.45, 2.75) is 44.8 Å². The molecule has 0 aromatic carbocycles. The molecule has 6 heteroatoms. The van der Waals surface area contributed by atoms with Crippen LogP contribution in [-0.4, -0.2) is 37.7 Å². The number of tetrazole rings is 1. The largest absolute Gasteiger partial charge is 0.396 e. The molecule has 0 spiro atoms. The van der Waals surface area contributed by atoms with Crippen molar-refractivity contribution in [3.8, 4) is 0 Å². The lowest BCUT2D eigenvalue weighted by Gasteiger charge is -2.06. The van der Waals surface area contributed by atoms with E-state index in [0.29, 0.717) is 5.92 Å². The molecule has 1 aromatic rings. The van der Waals surface area contributed by atoms with Crippen LogP contribution in [0.1, 0.15) is 33.1 Å². The first kappa shape index (κ1) is 13.4. The summed E-state index contributed by atoms with van der Waals surface area (Å²) in [5.74, 6) is 1.57. The lowest BCUT2D eigenvalue weighted by atomic mass is 10.2. The van der Waals surface area contributed by atoms with Gasteiger partial charge < -0.3 is 5.11 Å². The molecule has 0 saturated carbocycles. The fourth-order valence-corrected chi connectivity index (χ4v) is 2.20. The summed E-state index contributed by atoms with van der Waals surface area (Å²) in [6, 6.07) is 0. The smallest absolute Gasteiger partial charge is 0.209 e. The number of thioether (sulfide) groups is 1. The molecule has 0 aliphatic rings. The Morgan fingerprint density at radius 2 is 2.12 bits per heavy atom. The molecule has 0 atom stereocenters. The Labute approximate surface area is 101 Å². The van der Waals surface area contributed by atoms with Crippen molar-refractivity contribution in [2.24, 2.45) is 5.92 Å². The number of aliphatic hydroxyl groups is 1. The van der Waals surface area contributed by atoms with Gasteiger partial charge in [0.15, 0.2) is 0 Å². The molecule has 16 heavy (non-hydrogen) atoms. The van der Waals surface area contributed by atoms with E-state index < -0.39 is 0 Å². The van der Waals surface area contributed by atoms with Gasteiger partial charge in [0.1, 0.15) is 0 Å². The summed E-state index contributed by atoms with van der Waals surface area (Å²) in [6.07, 6.45) is 3.05. The second-order valence-corrected chi connectivity index (χ2v) is 5.23. The van der Waals surface area contributed by atoms with Crippen LogP contribution >= 0.6 is 11.8 Å². The van der Waals surface area contributed by atoms with E-state index in [0.717, 1.165) is 36.7 Å². The minimum atomic E-state index is 0.287. The van der Waals surface area contributed by atoms with E-state index in [1.165, 1.54) is 0 Å². The molecule has 0 amide bonds. The summed E-state index contributed by atoms with van der Waals surface area (Å²) in [4.78, 5) is 0. The number of unbranched alkanes of at least 4 members (excludes halogenated alkanes) is 2. The van der Waals surface area contributed by atoms with Crippen LogP contribution in [0, 0.1) is 5.92 Å². The number of rotatable bonds is 8. The highest BCUT2D eigenvalue weighted by Gasteiger charge is 2.07. The van der Waals surface area contributed by atoms with Gasteiger partial charge in [0.2, 0.25) is 5.16 Å². The van der Waals surface area contributed by atoms with E-state index in [2.05, 4.69) is 29.4 Å². The third-order valence-electron chi connectivity index (χ3n) is 2.07. The number of hydrogen-bond acceptors (Lipinski definition) is 5. The molecule has 0 aliphatic heterocycles. The highest BCUT2D eigenvalue weighted by molar-refractivity contribution is 7.99. The molecule has 1 N–H and O–H groups in total. The molecule has 0 radical (unpaired) electrons. The minimum absolute atomic E-state index is 0.287. The molecule has 5 nitrogen and oxygen atoms in total. The van der Waals surface area contributed by atoms with Gasteiger partial charge in [-0.1, -0.05) is 32.0 Å². The van der Waals surface area contributed by atoms with Gasteiger partial charge in [0.25, 0.3) is 0 Å². The molecule has 0 saturated heterocycles. The zero-order valence-electron chi connectivity index (χ0n) is 9.96.